The second kappa shape index (κ2) is 5.26. The van der Waals surface area contributed by atoms with Gasteiger partial charge in [0.25, 0.3) is 0 Å². The minimum Gasteiger partial charge on any atom is -0.338 e. The van der Waals surface area contributed by atoms with E-state index in [0.717, 1.165) is 18.5 Å². The van der Waals surface area contributed by atoms with Gasteiger partial charge in [0.2, 0.25) is 5.88 Å². The molecule has 0 aliphatic carbocycles. The number of carbonyl (C=O) groups is 1. The Morgan fingerprint density at radius 3 is 3.00 bits per heavy atom. The van der Waals surface area contributed by atoms with E-state index in [0.29, 0.717) is 12.4 Å². The Morgan fingerprint density at radius 1 is 1.64 bits per heavy atom. The monoisotopic (exact) mass is 197 g/mol. The summed E-state index contributed by atoms with van der Waals surface area (Å²) in [5.74, 6) is 0.372. The maximum absolute atomic E-state index is 11.2. The summed E-state index contributed by atoms with van der Waals surface area (Å²) < 4.78 is 4.82. The third-order valence-electron chi connectivity index (χ3n) is 1.68. The van der Waals surface area contributed by atoms with Crippen LogP contribution in [-0.2, 0) is 0 Å². The highest BCUT2D eigenvalue weighted by Crippen LogP contribution is 2.07. The normalized spacial score (nSPS) is 9.86. The van der Waals surface area contributed by atoms with Gasteiger partial charge in [0, 0.05) is 12.6 Å². The Kier molecular flexibility index (Phi) is 3.97. The van der Waals surface area contributed by atoms with Gasteiger partial charge in [0.15, 0.2) is 0 Å². The number of urea groups is 1. The van der Waals surface area contributed by atoms with Crippen molar-refractivity contribution in [2.75, 3.05) is 11.9 Å². The average molecular weight is 197 g/mol. The first-order chi connectivity index (χ1) is 6.72. The van der Waals surface area contributed by atoms with Crippen molar-refractivity contribution >= 4 is 11.9 Å². The molecule has 1 heterocycles. The topological polar surface area (TPSA) is 67.2 Å². The maximum atomic E-state index is 11.2. The summed E-state index contributed by atoms with van der Waals surface area (Å²) in [6, 6.07) is 1.41. The summed E-state index contributed by atoms with van der Waals surface area (Å²) in [6.07, 6.45) is 2.03. The van der Waals surface area contributed by atoms with Crippen molar-refractivity contribution in [3.05, 3.63) is 11.8 Å². The van der Waals surface area contributed by atoms with Crippen molar-refractivity contribution in [1.82, 2.24) is 10.5 Å². The SMILES string of the molecule is CCCCNC(=O)Nc1cc(C)no1. The minimum atomic E-state index is -0.255. The van der Waals surface area contributed by atoms with E-state index in [1.54, 1.807) is 13.0 Å². The molecule has 5 heteroatoms. The highest BCUT2D eigenvalue weighted by atomic mass is 16.5. The van der Waals surface area contributed by atoms with Gasteiger partial charge in [-0.05, 0) is 13.3 Å². The van der Waals surface area contributed by atoms with Gasteiger partial charge in [-0.3, -0.25) is 5.32 Å². The Bertz CT molecular complexity index is 296. The van der Waals surface area contributed by atoms with Crippen molar-refractivity contribution in [1.29, 1.82) is 0 Å². The Hall–Kier alpha value is -1.52. The number of hydrogen-bond acceptors (Lipinski definition) is 3. The quantitative estimate of drug-likeness (QED) is 0.724. The summed E-state index contributed by atoms with van der Waals surface area (Å²) in [6.45, 7) is 4.54. The number of nitrogens with zero attached hydrogens (tertiary/aromatic N) is 1. The van der Waals surface area contributed by atoms with Gasteiger partial charge in [-0.15, -0.1) is 0 Å². The number of unbranched alkanes of at least 4 members (excludes halogenated alkanes) is 1. The first kappa shape index (κ1) is 10.6. The largest absolute Gasteiger partial charge is 0.338 e. The lowest BCUT2D eigenvalue weighted by Gasteiger charge is -2.02. The molecule has 1 aromatic rings. The molecule has 0 saturated carbocycles. The van der Waals surface area contributed by atoms with Crippen LogP contribution in [0.3, 0.4) is 0 Å². The van der Waals surface area contributed by atoms with Crippen LogP contribution < -0.4 is 10.6 Å². The van der Waals surface area contributed by atoms with Crippen molar-refractivity contribution in [2.24, 2.45) is 0 Å². The van der Waals surface area contributed by atoms with E-state index >= 15 is 0 Å². The maximum Gasteiger partial charge on any atom is 0.321 e. The molecular weight excluding hydrogens is 182 g/mol. The van der Waals surface area contributed by atoms with Gasteiger partial charge in [0.1, 0.15) is 0 Å². The first-order valence-electron chi connectivity index (χ1n) is 4.70. The molecule has 78 valence electrons. The first-order valence-corrected chi connectivity index (χ1v) is 4.70. The predicted molar refractivity (Wildman–Crippen MR) is 53.2 cm³/mol. The van der Waals surface area contributed by atoms with Gasteiger partial charge in [-0.2, -0.15) is 0 Å². The Morgan fingerprint density at radius 2 is 2.43 bits per heavy atom. The number of nitrogens with one attached hydrogen (secondary N) is 2. The van der Waals surface area contributed by atoms with Gasteiger partial charge >= 0.3 is 6.03 Å². The van der Waals surface area contributed by atoms with Crippen LogP contribution in [-0.4, -0.2) is 17.7 Å². The second-order valence-electron chi connectivity index (χ2n) is 3.07. The highest BCUT2D eigenvalue weighted by Gasteiger charge is 2.04. The Balaban J connectivity index is 2.27. The summed E-state index contributed by atoms with van der Waals surface area (Å²) in [7, 11) is 0. The summed E-state index contributed by atoms with van der Waals surface area (Å²) >= 11 is 0. The van der Waals surface area contributed by atoms with E-state index in [-0.39, 0.29) is 6.03 Å². The van der Waals surface area contributed by atoms with E-state index < -0.39 is 0 Å². The molecule has 0 spiro atoms. The number of aromatic nitrogens is 1. The lowest BCUT2D eigenvalue weighted by Crippen LogP contribution is -2.29. The van der Waals surface area contributed by atoms with Crippen LogP contribution >= 0.6 is 0 Å². The van der Waals surface area contributed by atoms with E-state index in [1.807, 2.05) is 0 Å². The molecule has 0 aromatic carbocycles. The molecule has 2 amide bonds. The molecule has 0 bridgehead atoms. The fourth-order valence-corrected chi connectivity index (χ4v) is 0.957. The predicted octanol–water partition coefficient (Wildman–Crippen LogP) is 1.90. The molecule has 5 nitrogen and oxygen atoms in total. The zero-order valence-corrected chi connectivity index (χ0v) is 8.46. The highest BCUT2D eigenvalue weighted by molar-refractivity contribution is 5.87. The van der Waals surface area contributed by atoms with Gasteiger partial charge in [-0.25, -0.2) is 4.79 Å². The van der Waals surface area contributed by atoms with Gasteiger partial charge in [0.05, 0.1) is 5.69 Å². The lowest BCUT2D eigenvalue weighted by molar-refractivity contribution is 0.251. The number of hydrogen-bond donors (Lipinski definition) is 2. The molecule has 0 saturated heterocycles. The summed E-state index contributed by atoms with van der Waals surface area (Å²) in [4.78, 5) is 11.2. The standard InChI is InChI=1S/C9H15N3O2/c1-3-4-5-10-9(13)11-8-6-7(2)12-14-8/h6H,3-5H2,1-2H3,(H2,10,11,13). The molecule has 0 unspecified atom stereocenters. The molecule has 1 rings (SSSR count). The molecular formula is C9H15N3O2. The van der Waals surface area contributed by atoms with Crippen molar-refractivity contribution < 1.29 is 9.32 Å². The molecule has 0 atom stereocenters. The molecule has 1 aromatic heterocycles. The molecule has 0 fully saturated rings. The van der Waals surface area contributed by atoms with Crippen LogP contribution in [0, 0.1) is 6.92 Å². The number of anilines is 1. The number of aryl methyl sites for hydroxylation is 1. The Labute approximate surface area is 82.8 Å². The minimum absolute atomic E-state index is 0.255. The van der Waals surface area contributed by atoms with Crippen LogP contribution in [0.25, 0.3) is 0 Å². The van der Waals surface area contributed by atoms with Crippen molar-refractivity contribution in [3.8, 4) is 0 Å². The molecule has 0 aliphatic rings. The van der Waals surface area contributed by atoms with E-state index in [9.17, 15) is 4.79 Å². The van der Waals surface area contributed by atoms with Crippen LogP contribution in [0.2, 0.25) is 0 Å². The second-order valence-corrected chi connectivity index (χ2v) is 3.07. The number of rotatable bonds is 4. The summed E-state index contributed by atoms with van der Waals surface area (Å²) in [5.41, 5.74) is 0.744. The average Bonchev–Trinajstić information content (AvgIpc) is 2.52. The van der Waals surface area contributed by atoms with E-state index in [1.165, 1.54) is 0 Å². The van der Waals surface area contributed by atoms with Crippen LogP contribution in [0.15, 0.2) is 10.6 Å². The number of amides is 2. The lowest BCUT2D eigenvalue weighted by atomic mass is 10.3. The van der Waals surface area contributed by atoms with Gasteiger partial charge < -0.3 is 9.84 Å². The smallest absolute Gasteiger partial charge is 0.321 e. The zero-order valence-electron chi connectivity index (χ0n) is 8.46. The zero-order chi connectivity index (χ0) is 10.4. The number of carbonyl (C=O) groups excluding carboxylic acids is 1. The fraction of sp³-hybridized carbons (Fsp3) is 0.556. The van der Waals surface area contributed by atoms with E-state index in [4.69, 9.17) is 4.52 Å². The summed E-state index contributed by atoms with van der Waals surface area (Å²) in [5, 5.41) is 8.89. The van der Waals surface area contributed by atoms with E-state index in [2.05, 4.69) is 22.7 Å². The van der Waals surface area contributed by atoms with Crippen LogP contribution in [0.1, 0.15) is 25.5 Å². The molecule has 2 N–H and O–H groups in total. The third-order valence-corrected chi connectivity index (χ3v) is 1.68. The van der Waals surface area contributed by atoms with Crippen LogP contribution in [0.5, 0.6) is 0 Å². The third kappa shape index (κ3) is 3.47. The van der Waals surface area contributed by atoms with Gasteiger partial charge in [-0.1, -0.05) is 18.5 Å². The van der Waals surface area contributed by atoms with Crippen molar-refractivity contribution in [2.45, 2.75) is 26.7 Å². The fourth-order valence-electron chi connectivity index (χ4n) is 0.957. The van der Waals surface area contributed by atoms with Crippen LogP contribution in [0.4, 0.5) is 10.7 Å². The molecule has 0 aliphatic heterocycles. The molecule has 0 radical (unpaired) electrons. The molecule has 14 heavy (non-hydrogen) atoms. The van der Waals surface area contributed by atoms with Crippen molar-refractivity contribution in [3.63, 3.8) is 0 Å².